The summed E-state index contributed by atoms with van der Waals surface area (Å²) in [7, 11) is 4.06. The molecule has 0 radical (unpaired) electrons. The largest absolute Gasteiger partial charge is 0.329 e. The van der Waals surface area contributed by atoms with Crippen LogP contribution in [0.1, 0.15) is 69.4 Å². The van der Waals surface area contributed by atoms with E-state index in [4.69, 9.17) is 0 Å². The molecule has 2 saturated heterocycles. The summed E-state index contributed by atoms with van der Waals surface area (Å²) in [5.74, 6) is 1.02. The minimum absolute atomic E-state index is 0.213. The second-order valence-corrected chi connectivity index (χ2v) is 11.4. The molecule has 1 saturated carbocycles. The number of rotatable bonds is 7. The molecule has 1 atom stereocenters. The van der Waals surface area contributed by atoms with Gasteiger partial charge in [0.15, 0.2) is 0 Å². The average molecular weight is 496 g/mol. The topological polar surface area (TPSA) is 79.6 Å². The summed E-state index contributed by atoms with van der Waals surface area (Å²) < 4.78 is 3.17. The number of likely N-dealkylation sites (tertiary alicyclic amines) is 1. The molecule has 1 aromatic carbocycles. The molecule has 8 heteroatoms. The molecule has 8 nitrogen and oxygen atoms in total. The lowest BCUT2D eigenvalue weighted by Gasteiger charge is -2.35. The third-order valence-electron chi connectivity index (χ3n) is 8.65. The molecule has 1 aromatic heterocycles. The van der Waals surface area contributed by atoms with Gasteiger partial charge in [0.2, 0.25) is 11.8 Å². The predicted molar refractivity (Wildman–Crippen MR) is 141 cm³/mol. The quantitative estimate of drug-likeness (QED) is 0.598. The Bertz CT molecular complexity index is 1150. The number of amides is 2. The van der Waals surface area contributed by atoms with Gasteiger partial charge in [-0.25, -0.2) is 4.79 Å². The highest BCUT2D eigenvalue weighted by Crippen LogP contribution is 2.27. The van der Waals surface area contributed by atoms with Crippen LogP contribution in [0.3, 0.4) is 0 Å². The van der Waals surface area contributed by atoms with E-state index in [1.807, 2.05) is 6.07 Å². The van der Waals surface area contributed by atoms with Crippen LogP contribution in [0.25, 0.3) is 11.0 Å². The highest BCUT2D eigenvalue weighted by molar-refractivity contribution is 6.00. The van der Waals surface area contributed by atoms with Gasteiger partial charge in [-0.05, 0) is 81.8 Å². The highest BCUT2D eigenvalue weighted by atomic mass is 16.2. The summed E-state index contributed by atoms with van der Waals surface area (Å²) in [6.45, 7) is 5.56. The zero-order valence-corrected chi connectivity index (χ0v) is 21.9. The summed E-state index contributed by atoms with van der Waals surface area (Å²) >= 11 is 0. The maximum atomic E-state index is 13.0. The van der Waals surface area contributed by atoms with Crippen LogP contribution in [-0.4, -0.2) is 64.0 Å². The van der Waals surface area contributed by atoms with Gasteiger partial charge in [0, 0.05) is 33.1 Å². The highest BCUT2D eigenvalue weighted by Gasteiger charge is 2.31. The zero-order valence-electron chi connectivity index (χ0n) is 21.9. The van der Waals surface area contributed by atoms with Gasteiger partial charge in [0.1, 0.15) is 6.04 Å². The minimum atomic E-state index is -0.639. The first kappa shape index (κ1) is 25.2. The molecule has 0 spiro atoms. The van der Waals surface area contributed by atoms with E-state index in [0.717, 1.165) is 42.5 Å². The van der Waals surface area contributed by atoms with Crippen molar-refractivity contribution >= 4 is 22.8 Å². The lowest BCUT2D eigenvalue weighted by Crippen LogP contribution is -2.44. The van der Waals surface area contributed by atoms with Crippen LogP contribution in [0, 0.1) is 11.8 Å². The number of imide groups is 1. The van der Waals surface area contributed by atoms with E-state index >= 15 is 0 Å². The Balaban J connectivity index is 1.19. The first-order valence-corrected chi connectivity index (χ1v) is 13.8. The number of benzene rings is 1. The van der Waals surface area contributed by atoms with E-state index in [1.54, 1.807) is 16.2 Å². The van der Waals surface area contributed by atoms with Crippen LogP contribution in [0.4, 0.5) is 0 Å². The molecular weight excluding hydrogens is 454 g/mol. The molecule has 3 fully saturated rings. The predicted octanol–water partition coefficient (Wildman–Crippen LogP) is 3.04. The van der Waals surface area contributed by atoms with Crippen molar-refractivity contribution in [3.8, 4) is 0 Å². The molecule has 2 amide bonds. The Labute approximate surface area is 213 Å². The fraction of sp³-hybridized carbons (Fsp3) is 0.679. The van der Waals surface area contributed by atoms with Gasteiger partial charge in [-0.2, -0.15) is 0 Å². The van der Waals surface area contributed by atoms with Crippen molar-refractivity contribution in [3.05, 3.63) is 34.2 Å². The van der Waals surface area contributed by atoms with Gasteiger partial charge in [0.25, 0.3) is 0 Å². The molecule has 3 aliphatic rings. The smallest absolute Gasteiger partial charge is 0.306 e. The van der Waals surface area contributed by atoms with Gasteiger partial charge in [-0.1, -0.05) is 25.3 Å². The molecular formula is C28H41N5O3. The van der Waals surface area contributed by atoms with Crippen molar-refractivity contribution in [1.82, 2.24) is 24.3 Å². The van der Waals surface area contributed by atoms with Crippen LogP contribution in [0.2, 0.25) is 0 Å². The number of aromatic nitrogens is 2. The van der Waals surface area contributed by atoms with Crippen molar-refractivity contribution in [2.45, 2.75) is 70.4 Å². The number of carbonyl (C=O) groups is 2. The fourth-order valence-electron chi connectivity index (χ4n) is 6.65. The summed E-state index contributed by atoms with van der Waals surface area (Å²) in [6.07, 6.45) is 10.2. The molecule has 1 aliphatic carbocycles. The van der Waals surface area contributed by atoms with Crippen LogP contribution in [0.5, 0.6) is 0 Å². The first-order chi connectivity index (χ1) is 17.4. The van der Waals surface area contributed by atoms with Crippen LogP contribution in [-0.2, 0) is 23.2 Å². The summed E-state index contributed by atoms with van der Waals surface area (Å²) in [6, 6.07) is 5.49. The zero-order chi connectivity index (χ0) is 25.2. The minimum Gasteiger partial charge on any atom is -0.306 e. The van der Waals surface area contributed by atoms with Gasteiger partial charge in [0.05, 0.1) is 11.0 Å². The number of aryl methyl sites for hydroxylation is 1. The molecule has 3 heterocycles. The molecule has 196 valence electrons. The van der Waals surface area contributed by atoms with Crippen LogP contribution in [0.15, 0.2) is 23.0 Å². The van der Waals surface area contributed by atoms with E-state index in [1.165, 1.54) is 63.6 Å². The standard InChI is InChI=1S/C28H41N5O3/c1-30(17-20-6-4-3-5-7-20)18-21-12-14-32(15-13-21)19-22-8-9-23-25(16-22)31(2)28(36)33(23)24-10-11-26(34)29-27(24)35/h8-9,16,20-21,24H,3-7,10-15,17-19H2,1-2H3,(H,29,34,35). The number of hydrogen-bond donors (Lipinski definition) is 1. The number of imidazole rings is 1. The van der Waals surface area contributed by atoms with Gasteiger partial charge < -0.3 is 4.90 Å². The Morgan fingerprint density at radius 1 is 0.917 bits per heavy atom. The number of nitrogens with zero attached hydrogens (tertiary/aromatic N) is 4. The van der Waals surface area contributed by atoms with Crippen molar-refractivity contribution in [1.29, 1.82) is 0 Å². The van der Waals surface area contributed by atoms with E-state index in [2.05, 4.69) is 34.3 Å². The number of hydrogen-bond acceptors (Lipinski definition) is 5. The van der Waals surface area contributed by atoms with Crippen molar-refractivity contribution < 1.29 is 9.59 Å². The molecule has 2 aromatic rings. The second kappa shape index (κ2) is 10.9. The van der Waals surface area contributed by atoms with Crippen LogP contribution < -0.4 is 11.0 Å². The number of carbonyl (C=O) groups excluding carboxylic acids is 2. The molecule has 2 aliphatic heterocycles. The number of piperidine rings is 2. The summed E-state index contributed by atoms with van der Waals surface area (Å²) in [5, 5.41) is 2.37. The second-order valence-electron chi connectivity index (χ2n) is 11.4. The van der Waals surface area contributed by atoms with Gasteiger partial charge in [-0.3, -0.25) is 28.9 Å². The Kier molecular flexibility index (Phi) is 7.62. The normalized spacial score (nSPS) is 23.0. The summed E-state index contributed by atoms with van der Waals surface area (Å²) in [5.41, 5.74) is 2.56. The van der Waals surface area contributed by atoms with Crippen molar-refractivity contribution in [3.63, 3.8) is 0 Å². The van der Waals surface area contributed by atoms with Crippen molar-refractivity contribution in [2.24, 2.45) is 18.9 Å². The van der Waals surface area contributed by atoms with Gasteiger partial charge >= 0.3 is 5.69 Å². The SMILES string of the molecule is CN(CC1CCCCC1)CC1CCN(Cc2ccc3c(c2)n(C)c(=O)n3C2CCC(=O)NC2=O)CC1. The molecule has 1 N–H and O–H groups in total. The summed E-state index contributed by atoms with van der Waals surface area (Å²) in [4.78, 5) is 42.1. The third-order valence-corrected chi connectivity index (χ3v) is 8.65. The molecule has 5 rings (SSSR count). The van der Waals surface area contributed by atoms with E-state index in [9.17, 15) is 14.4 Å². The van der Waals surface area contributed by atoms with Gasteiger partial charge in [-0.15, -0.1) is 0 Å². The monoisotopic (exact) mass is 495 g/mol. The lowest BCUT2D eigenvalue weighted by molar-refractivity contribution is -0.135. The Morgan fingerprint density at radius 3 is 2.31 bits per heavy atom. The van der Waals surface area contributed by atoms with E-state index < -0.39 is 11.9 Å². The Morgan fingerprint density at radius 2 is 1.61 bits per heavy atom. The average Bonchev–Trinajstić information content (AvgIpc) is 3.10. The Hall–Kier alpha value is -2.45. The van der Waals surface area contributed by atoms with E-state index in [0.29, 0.717) is 6.42 Å². The molecule has 0 bridgehead atoms. The molecule has 1 unspecified atom stereocenters. The lowest BCUT2D eigenvalue weighted by atomic mass is 9.88. The van der Waals surface area contributed by atoms with E-state index in [-0.39, 0.29) is 18.0 Å². The fourth-order valence-corrected chi connectivity index (χ4v) is 6.65. The number of nitrogens with one attached hydrogen (secondary N) is 1. The maximum Gasteiger partial charge on any atom is 0.329 e. The van der Waals surface area contributed by atoms with Crippen molar-refractivity contribution in [2.75, 3.05) is 33.2 Å². The third kappa shape index (κ3) is 5.44. The number of fused-ring (bicyclic) bond motifs is 1. The molecule has 36 heavy (non-hydrogen) atoms. The maximum absolute atomic E-state index is 13.0. The van der Waals surface area contributed by atoms with Crippen LogP contribution >= 0.6 is 0 Å². The first-order valence-electron chi connectivity index (χ1n) is 13.8.